The number of hydrogen-bond acceptors (Lipinski definition) is 5. The first-order chi connectivity index (χ1) is 20.3. The van der Waals surface area contributed by atoms with Crippen molar-refractivity contribution < 1.29 is 18.5 Å². The number of hydrogen-bond donors (Lipinski definition) is 1. The van der Waals surface area contributed by atoms with Crippen molar-refractivity contribution >= 4 is 23.2 Å². The van der Waals surface area contributed by atoms with Crippen LogP contribution in [0.25, 0.3) is 11.1 Å². The molecule has 11 rings (SSSR count). The number of fused-ring (bicyclic) bond motifs is 4. The van der Waals surface area contributed by atoms with Crippen molar-refractivity contribution in [3.05, 3.63) is 59.7 Å². The summed E-state index contributed by atoms with van der Waals surface area (Å²) < 4.78 is 20.4. The van der Waals surface area contributed by atoms with E-state index in [1.807, 2.05) is 29.2 Å². The van der Waals surface area contributed by atoms with Gasteiger partial charge in [0.15, 0.2) is 5.82 Å². The standard InChI is InChI=1S/C34H35FN4O3/c35-34-17-33(18-34,19-34)30(41)39(25-3-1-2-22(15-25)23-6-7-26-24(14-23)16-27(40)36-26)20-31-8-11-32(12-9-31,13-10-31)29-37-28(38-42-29)21-4-5-21/h1-3,6-7,14-15,21H,4-5,8-13,16-20H2,(H,36,40). The van der Waals surface area contributed by atoms with Gasteiger partial charge >= 0.3 is 0 Å². The quantitative estimate of drug-likeness (QED) is 0.347. The number of halogens is 1. The number of carbonyl (C=O) groups is 2. The van der Waals surface area contributed by atoms with Gasteiger partial charge < -0.3 is 14.7 Å². The molecular weight excluding hydrogens is 531 g/mol. The Labute approximate surface area is 244 Å². The van der Waals surface area contributed by atoms with Crippen LogP contribution < -0.4 is 10.2 Å². The van der Waals surface area contributed by atoms with Crippen LogP contribution in [0.3, 0.4) is 0 Å². The summed E-state index contributed by atoms with van der Waals surface area (Å²) in [6, 6.07) is 14.3. The van der Waals surface area contributed by atoms with E-state index in [1.165, 1.54) is 0 Å². The average Bonchev–Trinajstić information content (AvgIpc) is 3.57. The molecule has 7 fully saturated rings. The molecule has 42 heavy (non-hydrogen) atoms. The minimum atomic E-state index is -1.13. The van der Waals surface area contributed by atoms with Crippen LogP contribution in [0, 0.1) is 10.8 Å². The zero-order valence-electron chi connectivity index (χ0n) is 23.8. The fourth-order valence-electron chi connectivity index (χ4n) is 8.83. The smallest absolute Gasteiger partial charge is 0.233 e. The van der Waals surface area contributed by atoms with E-state index >= 15 is 0 Å². The van der Waals surface area contributed by atoms with E-state index in [0.717, 1.165) is 91.1 Å². The maximum atomic E-state index is 14.6. The summed E-state index contributed by atoms with van der Waals surface area (Å²) >= 11 is 0. The van der Waals surface area contributed by atoms with E-state index in [1.54, 1.807) is 0 Å². The molecule has 2 amide bonds. The Kier molecular flexibility index (Phi) is 4.94. The van der Waals surface area contributed by atoms with E-state index < -0.39 is 11.1 Å². The first kappa shape index (κ1) is 25.0. The van der Waals surface area contributed by atoms with Gasteiger partial charge in [-0.3, -0.25) is 9.59 Å². The van der Waals surface area contributed by atoms with Crippen molar-refractivity contribution in [3.8, 4) is 11.1 Å². The maximum absolute atomic E-state index is 14.6. The van der Waals surface area contributed by atoms with Gasteiger partial charge in [-0.05, 0) is 117 Å². The molecule has 1 aliphatic heterocycles. The van der Waals surface area contributed by atoms with Gasteiger partial charge in [0.25, 0.3) is 0 Å². The van der Waals surface area contributed by atoms with E-state index in [-0.39, 0.29) is 22.6 Å². The number of nitrogens with zero attached hydrogens (tertiary/aromatic N) is 3. The van der Waals surface area contributed by atoms with E-state index in [9.17, 15) is 14.0 Å². The molecule has 7 saturated carbocycles. The Bertz CT molecular complexity index is 1610. The van der Waals surface area contributed by atoms with Crippen molar-refractivity contribution in [1.29, 1.82) is 0 Å². The SMILES string of the molecule is O=C1Cc2cc(-c3cccc(N(CC45CCC(c6nc(C7CC7)no6)(CC4)CC5)C(=O)C45CC(F)(C4)C5)c3)ccc2N1. The van der Waals surface area contributed by atoms with Crippen molar-refractivity contribution in [3.63, 3.8) is 0 Å². The summed E-state index contributed by atoms with van der Waals surface area (Å²) in [4.78, 5) is 33.0. The summed E-state index contributed by atoms with van der Waals surface area (Å²) in [6.07, 6.45) is 9.84. The highest BCUT2D eigenvalue weighted by Crippen LogP contribution is 2.70. The van der Waals surface area contributed by atoms with E-state index in [0.29, 0.717) is 38.1 Å². The zero-order valence-corrected chi connectivity index (χ0v) is 23.8. The molecule has 0 atom stereocenters. The van der Waals surface area contributed by atoms with Gasteiger partial charge in [0.1, 0.15) is 5.67 Å². The van der Waals surface area contributed by atoms with Crippen LogP contribution >= 0.6 is 0 Å². The second-order valence-corrected chi connectivity index (χ2v) is 14.5. The molecular formula is C34H35FN4O3. The van der Waals surface area contributed by atoms with Crippen LogP contribution in [0.5, 0.6) is 0 Å². The van der Waals surface area contributed by atoms with Crippen LogP contribution in [0.1, 0.15) is 93.8 Å². The second kappa shape index (κ2) is 8.29. The number of benzene rings is 2. The first-order valence-corrected chi connectivity index (χ1v) is 15.6. The van der Waals surface area contributed by atoms with Gasteiger partial charge in [-0.2, -0.15) is 4.98 Å². The van der Waals surface area contributed by atoms with Crippen molar-refractivity contribution in [2.24, 2.45) is 10.8 Å². The molecule has 7 nitrogen and oxygen atoms in total. The molecule has 0 radical (unpaired) electrons. The minimum absolute atomic E-state index is 0.0162. The fourth-order valence-corrected chi connectivity index (χ4v) is 8.83. The monoisotopic (exact) mass is 566 g/mol. The molecule has 4 bridgehead atoms. The normalized spacial score (nSPS) is 33.9. The number of carbonyl (C=O) groups excluding carboxylic acids is 2. The molecule has 216 valence electrons. The molecule has 1 N–H and O–H groups in total. The Morgan fingerprint density at radius 3 is 2.45 bits per heavy atom. The maximum Gasteiger partial charge on any atom is 0.233 e. The molecule has 1 aromatic heterocycles. The summed E-state index contributed by atoms with van der Waals surface area (Å²) in [5, 5.41) is 7.21. The summed E-state index contributed by atoms with van der Waals surface area (Å²) in [5.74, 6) is 2.30. The van der Waals surface area contributed by atoms with Gasteiger partial charge in [0, 0.05) is 29.3 Å². The predicted octanol–water partition coefficient (Wildman–Crippen LogP) is 6.63. The highest BCUT2D eigenvalue weighted by Gasteiger charge is 2.73. The number of aromatic nitrogens is 2. The summed E-state index contributed by atoms with van der Waals surface area (Å²) in [6.45, 7) is 0.659. The lowest BCUT2D eigenvalue weighted by Crippen LogP contribution is -2.71. The number of rotatable bonds is 7. The highest BCUT2D eigenvalue weighted by atomic mass is 19.1. The Balaban J connectivity index is 1.01. The number of alkyl halides is 1. The van der Waals surface area contributed by atoms with Crippen LogP contribution in [0.4, 0.5) is 15.8 Å². The van der Waals surface area contributed by atoms with Crippen molar-refractivity contribution in [1.82, 2.24) is 10.1 Å². The van der Waals surface area contributed by atoms with Crippen LogP contribution in [0.15, 0.2) is 47.0 Å². The average molecular weight is 567 g/mol. The third kappa shape index (κ3) is 3.69. The topological polar surface area (TPSA) is 88.3 Å². The highest BCUT2D eigenvalue weighted by molar-refractivity contribution is 6.01. The van der Waals surface area contributed by atoms with Gasteiger partial charge in [-0.15, -0.1) is 0 Å². The van der Waals surface area contributed by atoms with Gasteiger partial charge in [0.2, 0.25) is 17.7 Å². The Morgan fingerprint density at radius 2 is 1.74 bits per heavy atom. The van der Waals surface area contributed by atoms with Gasteiger partial charge in [-0.25, -0.2) is 4.39 Å². The van der Waals surface area contributed by atoms with Crippen LogP contribution in [-0.2, 0) is 21.4 Å². The molecule has 7 aliphatic carbocycles. The Morgan fingerprint density at radius 1 is 1.00 bits per heavy atom. The van der Waals surface area contributed by atoms with Crippen LogP contribution in [-0.4, -0.2) is 34.2 Å². The molecule has 3 aromatic rings. The predicted molar refractivity (Wildman–Crippen MR) is 155 cm³/mol. The lowest BCUT2D eigenvalue weighted by atomic mass is 9.41. The third-order valence-corrected chi connectivity index (χ3v) is 11.6. The zero-order chi connectivity index (χ0) is 28.3. The van der Waals surface area contributed by atoms with E-state index in [4.69, 9.17) is 9.51 Å². The van der Waals surface area contributed by atoms with Crippen molar-refractivity contribution in [2.75, 3.05) is 16.8 Å². The largest absolute Gasteiger partial charge is 0.339 e. The molecule has 0 saturated heterocycles. The minimum Gasteiger partial charge on any atom is -0.339 e. The van der Waals surface area contributed by atoms with E-state index in [2.05, 4.69) is 28.7 Å². The second-order valence-electron chi connectivity index (χ2n) is 14.5. The fraction of sp³-hybridized carbons (Fsp3) is 0.529. The third-order valence-electron chi connectivity index (χ3n) is 11.6. The molecule has 2 heterocycles. The molecule has 8 aliphatic rings. The molecule has 8 heteroatoms. The molecule has 0 unspecified atom stereocenters. The molecule has 0 spiro atoms. The number of nitrogens with one attached hydrogen (secondary N) is 1. The Hall–Kier alpha value is -3.55. The number of amides is 2. The van der Waals surface area contributed by atoms with Crippen LogP contribution in [0.2, 0.25) is 0 Å². The molecule has 2 aromatic carbocycles. The van der Waals surface area contributed by atoms with Gasteiger partial charge in [0.05, 0.1) is 11.8 Å². The lowest BCUT2D eigenvalue weighted by molar-refractivity contribution is -0.211. The first-order valence-electron chi connectivity index (χ1n) is 15.6. The lowest BCUT2D eigenvalue weighted by Gasteiger charge is -2.65. The number of anilines is 2. The summed E-state index contributed by atoms with van der Waals surface area (Å²) in [7, 11) is 0. The van der Waals surface area contributed by atoms with Gasteiger partial charge in [-0.1, -0.05) is 23.4 Å². The summed E-state index contributed by atoms with van der Waals surface area (Å²) in [5.41, 5.74) is 3.11. The van der Waals surface area contributed by atoms with Crippen molar-refractivity contribution in [2.45, 2.75) is 94.1 Å².